The second-order valence-corrected chi connectivity index (χ2v) is 8.29. The average molecular weight is 321 g/mol. The molecule has 2 atom stereocenters. The van der Waals surface area contributed by atoms with E-state index in [2.05, 4.69) is 4.98 Å². The lowest BCUT2D eigenvalue weighted by atomic mass is 9.86. The van der Waals surface area contributed by atoms with Crippen LogP contribution in [-0.4, -0.2) is 29.0 Å². The standard InChI is InChI=1S/C13H14F3NO3S/c14-13(15,16)11-5-8(3-4-17-11)12(18)6-9-1-2-10(7-12)21(9,19)20/h3-5,9-10,18H,1-2,6-7H2. The predicted molar refractivity (Wildman–Crippen MR) is 68.1 cm³/mol. The van der Waals surface area contributed by atoms with Crippen molar-refractivity contribution in [1.82, 2.24) is 4.98 Å². The largest absolute Gasteiger partial charge is 0.433 e. The van der Waals surface area contributed by atoms with Crippen LogP contribution in [0.1, 0.15) is 36.9 Å². The van der Waals surface area contributed by atoms with E-state index in [0.717, 1.165) is 12.3 Å². The Kier molecular flexibility index (Phi) is 3.11. The summed E-state index contributed by atoms with van der Waals surface area (Å²) in [5.74, 6) is 0. The summed E-state index contributed by atoms with van der Waals surface area (Å²) in [5, 5.41) is 9.36. The number of hydrogen-bond donors (Lipinski definition) is 1. The molecule has 1 aromatic heterocycles. The molecule has 0 aromatic carbocycles. The number of aliphatic hydroxyl groups is 1. The summed E-state index contributed by atoms with van der Waals surface area (Å²) in [6.07, 6.45) is -2.76. The van der Waals surface area contributed by atoms with E-state index in [1.165, 1.54) is 6.07 Å². The number of nitrogens with zero attached hydrogens (tertiary/aromatic N) is 1. The summed E-state index contributed by atoms with van der Waals surface area (Å²) in [7, 11) is -3.24. The molecule has 2 aliphatic heterocycles. The first kappa shape index (κ1) is 14.8. The van der Waals surface area contributed by atoms with Gasteiger partial charge in [0.1, 0.15) is 5.69 Å². The van der Waals surface area contributed by atoms with Gasteiger partial charge in [0.15, 0.2) is 9.84 Å². The molecule has 1 N–H and O–H groups in total. The van der Waals surface area contributed by atoms with Crippen molar-refractivity contribution in [3.05, 3.63) is 29.6 Å². The monoisotopic (exact) mass is 321 g/mol. The Bertz CT molecular complexity index is 651. The highest BCUT2D eigenvalue weighted by atomic mass is 32.2. The van der Waals surface area contributed by atoms with Crippen LogP contribution in [0.3, 0.4) is 0 Å². The average Bonchev–Trinajstić information content (AvgIpc) is 2.58. The van der Waals surface area contributed by atoms with Gasteiger partial charge in [-0.1, -0.05) is 0 Å². The highest BCUT2D eigenvalue weighted by molar-refractivity contribution is 7.93. The molecule has 4 nitrogen and oxygen atoms in total. The van der Waals surface area contributed by atoms with E-state index in [4.69, 9.17) is 0 Å². The molecule has 0 amide bonds. The summed E-state index contributed by atoms with van der Waals surface area (Å²) >= 11 is 0. The van der Waals surface area contributed by atoms with Gasteiger partial charge in [0.25, 0.3) is 0 Å². The normalized spacial score (nSPS) is 34.9. The van der Waals surface area contributed by atoms with Crippen LogP contribution < -0.4 is 0 Å². The molecule has 3 rings (SSSR count). The zero-order chi connectivity index (χ0) is 15.5. The van der Waals surface area contributed by atoms with Gasteiger partial charge in [-0.15, -0.1) is 0 Å². The van der Waals surface area contributed by atoms with Crippen molar-refractivity contribution in [1.29, 1.82) is 0 Å². The Morgan fingerprint density at radius 2 is 1.81 bits per heavy atom. The van der Waals surface area contributed by atoms with Crippen molar-refractivity contribution in [3.8, 4) is 0 Å². The van der Waals surface area contributed by atoms with Gasteiger partial charge in [-0.3, -0.25) is 4.98 Å². The molecular formula is C13H14F3NO3S. The summed E-state index contributed by atoms with van der Waals surface area (Å²) in [6.45, 7) is 0. The number of rotatable bonds is 1. The molecule has 0 aliphatic carbocycles. The van der Waals surface area contributed by atoms with E-state index in [1.54, 1.807) is 0 Å². The maximum absolute atomic E-state index is 12.7. The van der Waals surface area contributed by atoms with Crippen LogP contribution in [0.15, 0.2) is 18.3 Å². The predicted octanol–water partition coefficient (Wildman–Crippen LogP) is 2.03. The van der Waals surface area contributed by atoms with Gasteiger partial charge in [-0.05, 0) is 43.4 Å². The number of pyridine rings is 1. The number of fused-ring (bicyclic) bond motifs is 2. The Labute approximate surface area is 119 Å². The zero-order valence-electron chi connectivity index (χ0n) is 11.0. The van der Waals surface area contributed by atoms with Crippen molar-refractivity contribution < 1.29 is 26.7 Å². The molecule has 2 unspecified atom stereocenters. The summed E-state index contributed by atoms with van der Waals surface area (Å²) in [4.78, 5) is 3.26. The third-order valence-corrected chi connectivity index (χ3v) is 7.12. The van der Waals surface area contributed by atoms with Crippen molar-refractivity contribution >= 4 is 9.84 Å². The van der Waals surface area contributed by atoms with Crippen molar-refractivity contribution in [2.24, 2.45) is 0 Å². The maximum Gasteiger partial charge on any atom is 0.433 e. The van der Waals surface area contributed by atoms with Gasteiger partial charge in [-0.2, -0.15) is 13.2 Å². The van der Waals surface area contributed by atoms with E-state index in [-0.39, 0.29) is 18.4 Å². The van der Waals surface area contributed by atoms with Crippen molar-refractivity contribution in [2.75, 3.05) is 0 Å². The molecule has 2 bridgehead atoms. The van der Waals surface area contributed by atoms with E-state index in [1.807, 2.05) is 0 Å². The fraction of sp³-hybridized carbons (Fsp3) is 0.615. The van der Waals surface area contributed by atoms with E-state index >= 15 is 0 Å². The van der Waals surface area contributed by atoms with Crippen LogP contribution in [-0.2, 0) is 21.6 Å². The Hall–Kier alpha value is -1.15. The third kappa shape index (κ3) is 2.34. The van der Waals surface area contributed by atoms with Crippen LogP contribution in [0.5, 0.6) is 0 Å². The molecule has 0 saturated carbocycles. The van der Waals surface area contributed by atoms with Gasteiger partial charge in [0, 0.05) is 6.20 Å². The summed E-state index contributed by atoms with van der Waals surface area (Å²) in [5.41, 5.74) is -2.51. The number of aromatic nitrogens is 1. The molecule has 2 aliphatic rings. The molecule has 0 radical (unpaired) electrons. The zero-order valence-corrected chi connectivity index (χ0v) is 11.8. The van der Waals surface area contributed by atoms with Gasteiger partial charge < -0.3 is 5.11 Å². The first-order valence-corrected chi connectivity index (χ1v) is 8.23. The maximum atomic E-state index is 12.7. The Morgan fingerprint density at radius 3 is 2.33 bits per heavy atom. The molecule has 3 heterocycles. The number of sulfone groups is 1. The fourth-order valence-corrected chi connectivity index (χ4v) is 5.85. The first-order valence-electron chi connectivity index (χ1n) is 6.62. The van der Waals surface area contributed by atoms with Crippen LogP contribution in [0.2, 0.25) is 0 Å². The van der Waals surface area contributed by atoms with E-state index in [0.29, 0.717) is 12.8 Å². The minimum Gasteiger partial charge on any atom is -0.385 e. The van der Waals surface area contributed by atoms with Crippen molar-refractivity contribution in [3.63, 3.8) is 0 Å². The van der Waals surface area contributed by atoms with Crippen LogP contribution in [0.25, 0.3) is 0 Å². The number of halogens is 3. The molecular weight excluding hydrogens is 307 g/mol. The first-order chi connectivity index (χ1) is 9.63. The molecule has 2 saturated heterocycles. The highest BCUT2D eigenvalue weighted by Crippen LogP contribution is 2.47. The molecule has 1 aromatic rings. The lowest BCUT2D eigenvalue weighted by Gasteiger charge is -2.36. The van der Waals surface area contributed by atoms with Gasteiger partial charge in [-0.25, -0.2) is 8.42 Å². The molecule has 0 spiro atoms. The SMILES string of the molecule is O=S1(=O)C2CCC1CC(O)(c1ccnc(C(F)(F)F)c1)C2. The summed E-state index contributed by atoms with van der Waals surface area (Å²) < 4.78 is 62.2. The van der Waals surface area contributed by atoms with Crippen LogP contribution in [0, 0.1) is 0 Å². The Balaban J connectivity index is 1.98. The van der Waals surface area contributed by atoms with E-state index < -0.39 is 37.8 Å². The number of alkyl halides is 3. The Morgan fingerprint density at radius 1 is 1.24 bits per heavy atom. The van der Waals surface area contributed by atoms with Crippen LogP contribution >= 0.6 is 0 Å². The lowest BCUT2D eigenvalue weighted by Crippen LogP contribution is -2.43. The summed E-state index contributed by atoms with van der Waals surface area (Å²) in [6, 6.07) is 2.14. The van der Waals surface area contributed by atoms with Gasteiger partial charge in [0.05, 0.1) is 16.1 Å². The molecule has 2 fully saturated rings. The highest BCUT2D eigenvalue weighted by Gasteiger charge is 2.53. The number of hydrogen-bond acceptors (Lipinski definition) is 4. The van der Waals surface area contributed by atoms with Gasteiger partial charge >= 0.3 is 6.18 Å². The minimum absolute atomic E-state index is 0.0485. The lowest BCUT2D eigenvalue weighted by molar-refractivity contribution is -0.141. The van der Waals surface area contributed by atoms with Gasteiger partial charge in [0.2, 0.25) is 0 Å². The quantitative estimate of drug-likeness (QED) is 0.859. The minimum atomic E-state index is -4.59. The van der Waals surface area contributed by atoms with E-state index in [9.17, 15) is 26.7 Å². The second-order valence-electron chi connectivity index (χ2n) is 5.78. The second kappa shape index (κ2) is 4.42. The van der Waals surface area contributed by atoms with Crippen molar-refractivity contribution in [2.45, 2.75) is 48.0 Å². The molecule has 21 heavy (non-hydrogen) atoms. The smallest absolute Gasteiger partial charge is 0.385 e. The molecule has 116 valence electrons. The third-order valence-electron chi connectivity index (χ3n) is 4.46. The topological polar surface area (TPSA) is 67.3 Å². The van der Waals surface area contributed by atoms with Crippen LogP contribution in [0.4, 0.5) is 13.2 Å². The fourth-order valence-electron chi connectivity index (χ4n) is 3.36. The molecule has 8 heteroatoms.